The van der Waals surface area contributed by atoms with Crippen molar-refractivity contribution in [3.8, 4) is 11.8 Å². The second-order valence-electron chi connectivity index (χ2n) is 2.95. The molecule has 1 rings (SSSR count). The Bertz CT molecular complexity index is 360. The largest absolute Gasteiger partial charge is 0.495 e. The Hall–Kier alpha value is -1.34. The predicted molar refractivity (Wildman–Crippen MR) is 64.6 cm³/mol. The fourth-order valence-corrected chi connectivity index (χ4v) is 1.50. The van der Waals surface area contributed by atoms with Crippen molar-refractivity contribution in [2.45, 2.75) is 0 Å². The van der Waals surface area contributed by atoms with Gasteiger partial charge in [-0.3, -0.25) is 0 Å². The zero-order chi connectivity index (χ0) is 11.1. The van der Waals surface area contributed by atoms with Crippen molar-refractivity contribution in [1.29, 1.82) is 5.26 Å². The molecule has 0 atom stereocenters. The van der Waals surface area contributed by atoms with E-state index < -0.39 is 0 Å². The molecule has 1 N–H and O–H groups in total. The van der Waals surface area contributed by atoms with E-state index in [9.17, 15) is 0 Å². The molecule has 0 bridgehead atoms. The van der Waals surface area contributed by atoms with Gasteiger partial charge in [-0.1, -0.05) is 0 Å². The number of hydrogen-bond donors (Lipinski definition) is 1. The van der Waals surface area contributed by atoms with Crippen LogP contribution in [0.2, 0.25) is 0 Å². The predicted octanol–water partition coefficient (Wildman–Crippen LogP) is 2.34. The number of methoxy groups -OCH3 is 1. The Morgan fingerprint density at radius 1 is 1.53 bits per heavy atom. The van der Waals surface area contributed by atoms with Crippen molar-refractivity contribution in [3.05, 3.63) is 23.8 Å². The van der Waals surface area contributed by atoms with Gasteiger partial charge in [-0.2, -0.15) is 17.0 Å². The van der Waals surface area contributed by atoms with Gasteiger partial charge in [0.15, 0.2) is 0 Å². The average molecular weight is 222 g/mol. The highest BCUT2D eigenvalue weighted by atomic mass is 32.2. The van der Waals surface area contributed by atoms with E-state index in [4.69, 9.17) is 10.00 Å². The highest BCUT2D eigenvalue weighted by Gasteiger charge is 2.02. The Balaban J connectivity index is 2.75. The van der Waals surface area contributed by atoms with Gasteiger partial charge in [0, 0.05) is 18.4 Å². The van der Waals surface area contributed by atoms with Crippen molar-refractivity contribution in [2.75, 3.05) is 31.0 Å². The summed E-state index contributed by atoms with van der Waals surface area (Å²) in [5.41, 5.74) is 1.55. The average Bonchev–Trinajstić information content (AvgIpc) is 2.29. The smallest absolute Gasteiger partial charge is 0.143 e. The molecule has 1 aromatic carbocycles. The van der Waals surface area contributed by atoms with Crippen LogP contribution in [0.1, 0.15) is 5.56 Å². The SMILES string of the molecule is COc1cc(C#N)ccc1NCCSC. The fourth-order valence-electron chi connectivity index (χ4n) is 1.19. The van der Waals surface area contributed by atoms with Gasteiger partial charge in [0.05, 0.1) is 24.4 Å². The Morgan fingerprint density at radius 2 is 2.33 bits per heavy atom. The second-order valence-corrected chi connectivity index (χ2v) is 3.93. The van der Waals surface area contributed by atoms with Gasteiger partial charge in [-0.25, -0.2) is 0 Å². The summed E-state index contributed by atoms with van der Waals surface area (Å²) in [5.74, 6) is 1.76. The van der Waals surface area contributed by atoms with Gasteiger partial charge in [0.1, 0.15) is 5.75 Å². The molecule has 0 aliphatic carbocycles. The van der Waals surface area contributed by atoms with Crippen molar-refractivity contribution < 1.29 is 4.74 Å². The number of nitrogens with one attached hydrogen (secondary N) is 1. The van der Waals surface area contributed by atoms with Crippen LogP contribution in [0.5, 0.6) is 5.75 Å². The van der Waals surface area contributed by atoms with Crippen LogP contribution in [0.4, 0.5) is 5.69 Å². The summed E-state index contributed by atoms with van der Waals surface area (Å²) in [5, 5.41) is 12.0. The van der Waals surface area contributed by atoms with E-state index in [1.165, 1.54) is 0 Å². The maximum atomic E-state index is 8.73. The second kappa shape index (κ2) is 6.20. The molecule has 0 spiro atoms. The summed E-state index contributed by atoms with van der Waals surface area (Å²) in [6.07, 6.45) is 2.07. The van der Waals surface area contributed by atoms with Crippen LogP contribution in [0.25, 0.3) is 0 Å². The quantitative estimate of drug-likeness (QED) is 0.777. The van der Waals surface area contributed by atoms with Gasteiger partial charge in [-0.05, 0) is 18.4 Å². The number of nitriles is 1. The van der Waals surface area contributed by atoms with Gasteiger partial charge < -0.3 is 10.1 Å². The van der Waals surface area contributed by atoms with E-state index in [0.717, 1.165) is 23.7 Å². The van der Waals surface area contributed by atoms with Crippen LogP contribution in [0.3, 0.4) is 0 Å². The Labute approximate surface area is 94.4 Å². The fraction of sp³-hybridized carbons (Fsp3) is 0.364. The third-order valence-electron chi connectivity index (χ3n) is 1.95. The molecule has 80 valence electrons. The van der Waals surface area contributed by atoms with E-state index in [-0.39, 0.29) is 0 Å². The molecule has 15 heavy (non-hydrogen) atoms. The van der Waals surface area contributed by atoms with Crippen molar-refractivity contribution in [2.24, 2.45) is 0 Å². The molecule has 0 fully saturated rings. The zero-order valence-corrected chi connectivity index (χ0v) is 9.73. The molecule has 0 heterocycles. The van der Waals surface area contributed by atoms with Crippen LogP contribution in [0.15, 0.2) is 18.2 Å². The Morgan fingerprint density at radius 3 is 2.93 bits per heavy atom. The summed E-state index contributed by atoms with van der Waals surface area (Å²) in [6, 6.07) is 7.48. The lowest BCUT2D eigenvalue weighted by Crippen LogP contribution is -2.05. The van der Waals surface area contributed by atoms with Crippen molar-refractivity contribution >= 4 is 17.4 Å². The lowest BCUT2D eigenvalue weighted by Gasteiger charge is -2.10. The van der Waals surface area contributed by atoms with E-state index in [1.807, 2.05) is 6.07 Å². The van der Waals surface area contributed by atoms with Crippen LogP contribution < -0.4 is 10.1 Å². The monoisotopic (exact) mass is 222 g/mol. The number of anilines is 1. The molecule has 0 unspecified atom stereocenters. The van der Waals surface area contributed by atoms with E-state index in [1.54, 1.807) is 31.0 Å². The van der Waals surface area contributed by atoms with Gasteiger partial charge in [0.25, 0.3) is 0 Å². The molecule has 3 nitrogen and oxygen atoms in total. The van der Waals surface area contributed by atoms with Gasteiger partial charge in [0.2, 0.25) is 0 Å². The first kappa shape index (κ1) is 11.7. The third-order valence-corrected chi connectivity index (χ3v) is 2.56. The summed E-state index contributed by atoms with van der Waals surface area (Å²) >= 11 is 1.79. The maximum Gasteiger partial charge on any atom is 0.143 e. The molecule has 0 amide bonds. The van der Waals surface area contributed by atoms with E-state index in [0.29, 0.717) is 5.56 Å². The number of thioether (sulfide) groups is 1. The molecule has 1 aromatic rings. The number of ether oxygens (including phenoxy) is 1. The van der Waals surface area contributed by atoms with Crippen molar-refractivity contribution in [1.82, 2.24) is 0 Å². The number of rotatable bonds is 5. The Kier molecular flexibility index (Phi) is 4.85. The van der Waals surface area contributed by atoms with Crippen LogP contribution >= 0.6 is 11.8 Å². The lowest BCUT2D eigenvalue weighted by atomic mass is 10.2. The van der Waals surface area contributed by atoms with Crippen molar-refractivity contribution in [3.63, 3.8) is 0 Å². The van der Waals surface area contributed by atoms with Crippen LogP contribution in [-0.2, 0) is 0 Å². The van der Waals surface area contributed by atoms with Crippen LogP contribution in [0, 0.1) is 11.3 Å². The van der Waals surface area contributed by atoms with Gasteiger partial charge >= 0.3 is 0 Å². The molecule has 0 aliphatic heterocycles. The molecule has 0 saturated carbocycles. The van der Waals surface area contributed by atoms with Gasteiger partial charge in [-0.15, -0.1) is 0 Å². The topological polar surface area (TPSA) is 45.0 Å². The summed E-state index contributed by atoms with van der Waals surface area (Å²) < 4.78 is 5.20. The number of nitrogens with zero attached hydrogens (tertiary/aromatic N) is 1. The molecular weight excluding hydrogens is 208 g/mol. The number of hydrogen-bond acceptors (Lipinski definition) is 4. The molecule has 0 saturated heterocycles. The molecule has 0 radical (unpaired) electrons. The van der Waals surface area contributed by atoms with E-state index in [2.05, 4.69) is 17.6 Å². The van der Waals surface area contributed by atoms with E-state index >= 15 is 0 Å². The molecule has 4 heteroatoms. The maximum absolute atomic E-state index is 8.73. The minimum Gasteiger partial charge on any atom is -0.495 e. The third kappa shape index (κ3) is 3.37. The molecule has 0 aliphatic rings. The molecular formula is C11H14N2OS. The lowest BCUT2D eigenvalue weighted by molar-refractivity contribution is 0.416. The first-order chi connectivity index (χ1) is 7.31. The first-order valence-corrected chi connectivity index (χ1v) is 6.02. The zero-order valence-electron chi connectivity index (χ0n) is 8.91. The minimum atomic E-state index is 0.613. The minimum absolute atomic E-state index is 0.613. The summed E-state index contributed by atoms with van der Waals surface area (Å²) in [7, 11) is 1.61. The summed E-state index contributed by atoms with van der Waals surface area (Å²) in [6.45, 7) is 0.892. The van der Waals surface area contributed by atoms with Crippen LogP contribution in [-0.4, -0.2) is 25.7 Å². The first-order valence-electron chi connectivity index (χ1n) is 4.62. The molecule has 0 aromatic heterocycles. The summed E-state index contributed by atoms with van der Waals surface area (Å²) in [4.78, 5) is 0. The normalized spacial score (nSPS) is 9.40. The highest BCUT2D eigenvalue weighted by molar-refractivity contribution is 7.98. The standard InChI is InChI=1S/C11H14N2OS/c1-14-11-7-9(8-12)3-4-10(11)13-5-6-15-2/h3-4,7,13H,5-6H2,1-2H3. The number of benzene rings is 1. The highest BCUT2D eigenvalue weighted by Crippen LogP contribution is 2.25.